The van der Waals surface area contributed by atoms with E-state index in [0.29, 0.717) is 11.7 Å². The van der Waals surface area contributed by atoms with E-state index in [1.54, 1.807) is 13.1 Å². The van der Waals surface area contributed by atoms with Crippen LogP contribution >= 0.6 is 0 Å². The maximum Gasteiger partial charge on any atom is 0.271 e. The van der Waals surface area contributed by atoms with Crippen molar-refractivity contribution >= 4 is 11.7 Å². The Labute approximate surface area is 107 Å². The molecule has 1 aliphatic rings. The van der Waals surface area contributed by atoms with Crippen LogP contribution in [-0.4, -0.2) is 49.3 Å². The van der Waals surface area contributed by atoms with Crippen LogP contribution in [0.4, 0.5) is 5.82 Å². The number of nitrogens with zero attached hydrogens (tertiary/aromatic N) is 3. The molecule has 98 valence electrons. The Morgan fingerprint density at radius 2 is 2.39 bits per heavy atom. The molecule has 2 heterocycles. The van der Waals surface area contributed by atoms with Gasteiger partial charge in [-0.25, -0.2) is 0 Å². The molecule has 0 aromatic carbocycles. The predicted octanol–water partition coefficient (Wildman–Crippen LogP) is 0.0244. The van der Waals surface area contributed by atoms with E-state index in [2.05, 4.69) is 25.7 Å². The molecule has 0 bridgehead atoms. The highest BCUT2D eigenvalue weighted by Gasteiger charge is 2.17. The average Bonchev–Trinajstić information content (AvgIpc) is 2.91. The third kappa shape index (κ3) is 2.95. The van der Waals surface area contributed by atoms with Crippen molar-refractivity contribution in [3.63, 3.8) is 0 Å². The zero-order chi connectivity index (χ0) is 13.0. The van der Waals surface area contributed by atoms with Gasteiger partial charge in [0.2, 0.25) is 0 Å². The van der Waals surface area contributed by atoms with E-state index in [1.165, 1.54) is 12.8 Å². The minimum Gasteiger partial charge on any atom is -0.357 e. The molecule has 1 unspecified atom stereocenters. The number of likely N-dealkylation sites (N-methyl/N-ethyl adjacent to an activating group) is 1. The molecule has 1 fully saturated rings. The first-order valence-electron chi connectivity index (χ1n) is 6.21. The van der Waals surface area contributed by atoms with Gasteiger partial charge in [-0.1, -0.05) is 0 Å². The third-order valence-corrected chi connectivity index (χ3v) is 3.16. The van der Waals surface area contributed by atoms with Gasteiger partial charge in [0.15, 0.2) is 11.5 Å². The molecule has 6 heteroatoms. The standard InChI is InChI=1S/C12H19N5O/c1-13-12(18)10-5-6-11(16-15-10)17(2)8-9-4-3-7-14-9/h5-6,9,14H,3-4,7-8H2,1-2H3,(H,13,18). The molecule has 1 saturated heterocycles. The zero-order valence-corrected chi connectivity index (χ0v) is 10.8. The Balaban J connectivity index is 1.97. The molecule has 2 rings (SSSR count). The van der Waals surface area contributed by atoms with Crippen molar-refractivity contribution in [1.82, 2.24) is 20.8 Å². The number of rotatable bonds is 4. The molecule has 1 atom stereocenters. The van der Waals surface area contributed by atoms with Crippen molar-refractivity contribution in [2.45, 2.75) is 18.9 Å². The third-order valence-electron chi connectivity index (χ3n) is 3.16. The normalized spacial score (nSPS) is 18.7. The minimum atomic E-state index is -0.214. The highest BCUT2D eigenvalue weighted by Crippen LogP contribution is 2.11. The van der Waals surface area contributed by atoms with Crippen LogP contribution in [0.25, 0.3) is 0 Å². The van der Waals surface area contributed by atoms with Gasteiger partial charge in [-0.15, -0.1) is 10.2 Å². The van der Waals surface area contributed by atoms with Gasteiger partial charge in [0, 0.05) is 26.7 Å². The number of aromatic nitrogens is 2. The largest absolute Gasteiger partial charge is 0.357 e. The smallest absolute Gasteiger partial charge is 0.271 e. The topological polar surface area (TPSA) is 70.2 Å². The van der Waals surface area contributed by atoms with Crippen LogP contribution in [0.5, 0.6) is 0 Å². The first-order chi connectivity index (χ1) is 8.70. The molecule has 0 saturated carbocycles. The van der Waals surface area contributed by atoms with E-state index in [-0.39, 0.29) is 5.91 Å². The Bertz CT molecular complexity index is 399. The van der Waals surface area contributed by atoms with Crippen molar-refractivity contribution in [1.29, 1.82) is 0 Å². The molecule has 2 N–H and O–H groups in total. The second-order valence-corrected chi connectivity index (χ2v) is 4.53. The summed E-state index contributed by atoms with van der Waals surface area (Å²) >= 11 is 0. The molecule has 1 aliphatic heterocycles. The van der Waals surface area contributed by atoms with Gasteiger partial charge in [0.25, 0.3) is 5.91 Å². The zero-order valence-electron chi connectivity index (χ0n) is 10.8. The number of nitrogens with one attached hydrogen (secondary N) is 2. The van der Waals surface area contributed by atoms with Crippen molar-refractivity contribution in [2.75, 3.05) is 32.1 Å². The Morgan fingerprint density at radius 1 is 1.56 bits per heavy atom. The summed E-state index contributed by atoms with van der Waals surface area (Å²) in [4.78, 5) is 13.4. The molecule has 1 amide bonds. The van der Waals surface area contributed by atoms with Gasteiger partial charge in [-0.05, 0) is 31.5 Å². The van der Waals surface area contributed by atoms with Gasteiger partial charge in [-0.3, -0.25) is 4.79 Å². The summed E-state index contributed by atoms with van der Waals surface area (Å²) in [6.45, 7) is 2.01. The number of carbonyl (C=O) groups excluding carboxylic acids is 1. The molecule has 0 radical (unpaired) electrons. The first kappa shape index (κ1) is 12.8. The lowest BCUT2D eigenvalue weighted by Gasteiger charge is -2.21. The van der Waals surface area contributed by atoms with E-state index in [9.17, 15) is 4.79 Å². The van der Waals surface area contributed by atoms with Crippen LogP contribution in [0.1, 0.15) is 23.3 Å². The van der Waals surface area contributed by atoms with Crippen LogP contribution in [0, 0.1) is 0 Å². The lowest BCUT2D eigenvalue weighted by Crippen LogP contribution is -2.35. The van der Waals surface area contributed by atoms with E-state index in [1.807, 2.05) is 13.1 Å². The summed E-state index contributed by atoms with van der Waals surface area (Å²) in [5.41, 5.74) is 0.341. The summed E-state index contributed by atoms with van der Waals surface area (Å²) < 4.78 is 0. The molecule has 6 nitrogen and oxygen atoms in total. The van der Waals surface area contributed by atoms with Gasteiger partial charge >= 0.3 is 0 Å². The van der Waals surface area contributed by atoms with E-state index in [0.717, 1.165) is 18.9 Å². The molecule has 0 aliphatic carbocycles. The number of amides is 1. The Kier molecular flexibility index (Phi) is 4.09. The lowest BCUT2D eigenvalue weighted by atomic mass is 10.2. The number of hydrogen-bond donors (Lipinski definition) is 2. The van der Waals surface area contributed by atoms with Gasteiger partial charge in [-0.2, -0.15) is 0 Å². The van der Waals surface area contributed by atoms with Gasteiger partial charge in [0.05, 0.1) is 0 Å². The Morgan fingerprint density at radius 3 is 2.94 bits per heavy atom. The van der Waals surface area contributed by atoms with Crippen molar-refractivity contribution < 1.29 is 4.79 Å². The van der Waals surface area contributed by atoms with Gasteiger partial charge in [0.1, 0.15) is 0 Å². The second kappa shape index (κ2) is 5.77. The van der Waals surface area contributed by atoms with Crippen molar-refractivity contribution in [2.24, 2.45) is 0 Å². The number of carbonyl (C=O) groups is 1. The van der Waals surface area contributed by atoms with Crippen LogP contribution < -0.4 is 15.5 Å². The lowest BCUT2D eigenvalue weighted by molar-refractivity contribution is 0.0957. The molecule has 18 heavy (non-hydrogen) atoms. The minimum absolute atomic E-state index is 0.214. The van der Waals surface area contributed by atoms with Crippen LogP contribution in [0.2, 0.25) is 0 Å². The van der Waals surface area contributed by atoms with Crippen LogP contribution in [-0.2, 0) is 0 Å². The fourth-order valence-electron chi connectivity index (χ4n) is 2.11. The van der Waals surface area contributed by atoms with E-state index >= 15 is 0 Å². The fourth-order valence-corrected chi connectivity index (χ4v) is 2.11. The number of anilines is 1. The summed E-state index contributed by atoms with van der Waals surface area (Å²) in [5.74, 6) is 0.575. The predicted molar refractivity (Wildman–Crippen MR) is 69.7 cm³/mol. The Hall–Kier alpha value is -1.69. The summed E-state index contributed by atoms with van der Waals surface area (Å²) in [5, 5.41) is 14.0. The molecular formula is C12H19N5O. The second-order valence-electron chi connectivity index (χ2n) is 4.53. The summed E-state index contributed by atoms with van der Waals surface area (Å²) in [7, 11) is 3.57. The number of hydrogen-bond acceptors (Lipinski definition) is 5. The average molecular weight is 249 g/mol. The molecule has 1 aromatic rings. The fraction of sp³-hybridized carbons (Fsp3) is 0.583. The summed E-state index contributed by atoms with van der Waals surface area (Å²) in [6.07, 6.45) is 2.44. The quantitative estimate of drug-likeness (QED) is 0.787. The molecule has 0 spiro atoms. The SMILES string of the molecule is CNC(=O)c1ccc(N(C)CC2CCCN2)nn1. The maximum atomic E-state index is 11.3. The van der Waals surface area contributed by atoms with Crippen LogP contribution in [0.3, 0.4) is 0 Å². The van der Waals surface area contributed by atoms with E-state index in [4.69, 9.17) is 0 Å². The van der Waals surface area contributed by atoms with Crippen molar-refractivity contribution in [3.8, 4) is 0 Å². The van der Waals surface area contributed by atoms with E-state index < -0.39 is 0 Å². The highest BCUT2D eigenvalue weighted by molar-refractivity contribution is 5.91. The maximum absolute atomic E-state index is 11.3. The first-order valence-corrected chi connectivity index (χ1v) is 6.21. The monoisotopic (exact) mass is 249 g/mol. The molecule has 1 aromatic heterocycles. The van der Waals surface area contributed by atoms with Crippen molar-refractivity contribution in [3.05, 3.63) is 17.8 Å². The highest BCUT2D eigenvalue weighted by atomic mass is 16.1. The molecular weight excluding hydrogens is 230 g/mol. The summed E-state index contributed by atoms with van der Waals surface area (Å²) in [6, 6.07) is 4.04. The van der Waals surface area contributed by atoms with Crippen LogP contribution in [0.15, 0.2) is 12.1 Å². The van der Waals surface area contributed by atoms with Gasteiger partial charge < -0.3 is 15.5 Å².